The average molecular weight is 268 g/mol. The van der Waals surface area contributed by atoms with Gasteiger partial charge in [0, 0.05) is 0 Å². The van der Waals surface area contributed by atoms with Crippen molar-refractivity contribution >= 4 is 5.97 Å². The number of nitrogens with one attached hydrogen (secondary N) is 2. The van der Waals surface area contributed by atoms with Crippen molar-refractivity contribution in [3.63, 3.8) is 0 Å². The Balaban J connectivity index is 1.87. The molecule has 2 N–H and O–H groups in total. The maximum absolute atomic E-state index is 12.1. The van der Waals surface area contributed by atoms with Crippen LogP contribution in [0.1, 0.15) is 46.5 Å². The first kappa shape index (κ1) is 14.8. The molecule has 2 heterocycles. The maximum Gasteiger partial charge on any atom is 0.323 e. The molecule has 0 saturated carbocycles. The fraction of sp³-hybridized carbons (Fsp3) is 0.933. The topological polar surface area (TPSA) is 50.4 Å². The lowest BCUT2D eigenvalue weighted by Crippen LogP contribution is -2.48. The first-order chi connectivity index (χ1) is 8.96. The van der Waals surface area contributed by atoms with Crippen LogP contribution in [0.3, 0.4) is 0 Å². The number of esters is 1. The van der Waals surface area contributed by atoms with E-state index in [9.17, 15) is 4.79 Å². The Morgan fingerprint density at radius 3 is 2.32 bits per heavy atom. The van der Waals surface area contributed by atoms with Crippen molar-refractivity contribution < 1.29 is 9.53 Å². The van der Waals surface area contributed by atoms with E-state index in [0.717, 1.165) is 32.0 Å². The lowest BCUT2D eigenvalue weighted by Gasteiger charge is -2.37. The summed E-state index contributed by atoms with van der Waals surface area (Å²) in [5, 5.41) is 6.73. The molecule has 110 valence electrons. The van der Waals surface area contributed by atoms with Gasteiger partial charge >= 0.3 is 5.97 Å². The van der Waals surface area contributed by atoms with Gasteiger partial charge in [-0.05, 0) is 77.9 Å². The molecule has 2 aliphatic heterocycles. The van der Waals surface area contributed by atoms with Crippen molar-refractivity contribution in [2.75, 3.05) is 19.6 Å². The average Bonchev–Trinajstić information content (AvgIpc) is 2.38. The molecule has 0 spiro atoms. The van der Waals surface area contributed by atoms with Crippen molar-refractivity contribution in [3.8, 4) is 0 Å². The Morgan fingerprint density at radius 1 is 1.05 bits per heavy atom. The molecule has 2 atom stereocenters. The molecule has 19 heavy (non-hydrogen) atoms. The predicted molar refractivity (Wildman–Crippen MR) is 76.0 cm³/mol. The van der Waals surface area contributed by atoms with Gasteiger partial charge in [0.1, 0.15) is 11.6 Å². The molecule has 2 unspecified atom stereocenters. The highest BCUT2D eigenvalue weighted by Gasteiger charge is 2.34. The molecule has 4 nitrogen and oxygen atoms in total. The van der Waals surface area contributed by atoms with Crippen molar-refractivity contribution in [1.29, 1.82) is 0 Å². The minimum atomic E-state index is -0.388. The lowest BCUT2D eigenvalue weighted by molar-refractivity contribution is -0.158. The Morgan fingerprint density at radius 2 is 1.68 bits per heavy atom. The molecule has 0 aliphatic carbocycles. The summed E-state index contributed by atoms with van der Waals surface area (Å²) in [5.74, 6) is 1.39. The summed E-state index contributed by atoms with van der Waals surface area (Å²) in [4.78, 5) is 12.1. The summed E-state index contributed by atoms with van der Waals surface area (Å²) in [6, 6.07) is -0.104. The smallest absolute Gasteiger partial charge is 0.323 e. The van der Waals surface area contributed by atoms with Crippen LogP contribution in [0.5, 0.6) is 0 Å². The fourth-order valence-electron chi connectivity index (χ4n) is 3.24. The summed E-state index contributed by atoms with van der Waals surface area (Å²) in [7, 11) is 0. The molecule has 0 amide bonds. The van der Waals surface area contributed by atoms with Gasteiger partial charge in [-0.15, -0.1) is 0 Å². The van der Waals surface area contributed by atoms with E-state index in [4.69, 9.17) is 4.74 Å². The number of ether oxygens (including phenoxy) is 1. The van der Waals surface area contributed by atoms with Crippen LogP contribution in [0.25, 0.3) is 0 Å². The number of piperidine rings is 2. The first-order valence-electron chi connectivity index (χ1n) is 7.62. The molecule has 0 radical (unpaired) electrons. The zero-order valence-electron chi connectivity index (χ0n) is 12.5. The molecule has 2 saturated heterocycles. The van der Waals surface area contributed by atoms with Crippen LogP contribution in [-0.4, -0.2) is 37.2 Å². The Hall–Kier alpha value is -0.610. The molecule has 0 aromatic heterocycles. The van der Waals surface area contributed by atoms with Gasteiger partial charge in [-0.25, -0.2) is 0 Å². The number of rotatable bonds is 2. The van der Waals surface area contributed by atoms with Gasteiger partial charge in [0.05, 0.1) is 0 Å². The Labute approximate surface area is 116 Å². The second-order valence-electron chi connectivity index (χ2n) is 6.91. The van der Waals surface area contributed by atoms with E-state index in [1.54, 1.807) is 0 Å². The minimum Gasteiger partial charge on any atom is -0.459 e. The minimum absolute atomic E-state index is 0.0777. The van der Waals surface area contributed by atoms with Gasteiger partial charge in [0.2, 0.25) is 0 Å². The summed E-state index contributed by atoms with van der Waals surface area (Å²) in [5.41, 5.74) is -0.388. The second kappa shape index (κ2) is 6.23. The molecular formula is C15H28N2O2. The van der Waals surface area contributed by atoms with Crippen LogP contribution < -0.4 is 10.6 Å². The summed E-state index contributed by atoms with van der Waals surface area (Å²) in [6.07, 6.45) is 4.65. The highest BCUT2D eigenvalue weighted by Crippen LogP contribution is 2.31. The second-order valence-corrected chi connectivity index (χ2v) is 6.91. The molecule has 0 bridgehead atoms. The van der Waals surface area contributed by atoms with E-state index in [2.05, 4.69) is 10.6 Å². The van der Waals surface area contributed by atoms with Gasteiger partial charge < -0.3 is 15.4 Å². The third-order valence-electron chi connectivity index (χ3n) is 4.19. The van der Waals surface area contributed by atoms with E-state index < -0.39 is 0 Å². The van der Waals surface area contributed by atoms with E-state index in [-0.39, 0.29) is 17.6 Å². The molecule has 2 rings (SSSR count). The molecule has 0 aromatic rings. The third-order valence-corrected chi connectivity index (χ3v) is 4.19. The first-order valence-corrected chi connectivity index (χ1v) is 7.62. The highest BCUT2D eigenvalue weighted by molar-refractivity contribution is 5.76. The number of carbonyl (C=O) groups excluding carboxylic acids is 1. The molecule has 4 heteroatoms. The summed E-state index contributed by atoms with van der Waals surface area (Å²) in [6.45, 7) is 8.99. The zero-order chi connectivity index (χ0) is 13.9. The van der Waals surface area contributed by atoms with Crippen LogP contribution in [0.15, 0.2) is 0 Å². The SMILES string of the molecule is CC(C)(C)OC(=O)C1CC(C2CCNCC2)CCN1. The van der Waals surface area contributed by atoms with Crippen molar-refractivity contribution in [2.45, 2.75) is 58.1 Å². The Kier molecular flexibility index (Phi) is 4.85. The van der Waals surface area contributed by atoms with Gasteiger partial charge in [-0.3, -0.25) is 4.79 Å². The highest BCUT2D eigenvalue weighted by atomic mass is 16.6. The van der Waals surface area contributed by atoms with Crippen molar-refractivity contribution in [2.24, 2.45) is 11.8 Å². The number of hydrogen-bond donors (Lipinski definition) is 2. The summed E-state index contributed by atoms with van der Waals surface area (Å²) >= 11 is 0. The van der Waals surface area contributed by atoms with Gasteiger partial charge in [0.25, 0.3) is 0 Å². The van der Waals surface area contributed by atoms with Crippen LogP contribution in [0.2, 0.25) is 0 Å². The van der Waals surface area contributed by atoms with Crippen LogP contribution in [0, 0.1) is 11.8 Å². The predicted octanol–water partition coefficient (Wildman–Crippen LogP) is 1.70. The number of hydrogen-bond acceptors (Lipinski definition) is 4. The molecule has 2 fully saturated rings. The Bertz CT molecular complexity index is 306. The number of carbonyl (C=O) groups is 1. The fourth-order valence-corrected chi connectivity index (χ4v) is 3.24. The third kappa shape index (κ3) is 4.46. The molecule has 2 aliphatic rings. The van der Waals surface area contributed by atoms with Gasteiger partial charge in [0.15, 0.2) is 0 Å². The molecule has 0 aromatic carbocycles. The van der Waals surface area contributed by atoms with Crippen LogP contribution in [-0.2, 0) is 9.53 Å². The monoisotopic (exact) mass is 268 g/mol. The van der Waals surface area contributed by atoms with E-state index in [1.807, 2.05) is 20.8 Å². The van der Waals surface area contributed by atoms with E-state index in [1.165, 1.54) is 19.3 Å². The maximum atomic E-state index is 12.1. The quantitative estimate of drug-likeness (QED) is 0.748. The molecular weight excluding hydrogens is 240 g/mol. The standard InChI is InChI=1S/C15H28N2O2/c1-15(2,3)19-14(18)13-10-12(6-9-17-13)11-4-7-16-8-5-11/h11-13,16-17H,4-10H2,1-3H3. The van der Waals surface area contributed by atoms with Crippen molar-refractivity contribution in [3.05, 3.63) is 0 Å². The largest absolute Gasteiger partial charge is 0.459 e. The lowest BCUT2D eigenvalue weighted by atomic mass is 9.77. The van der Waals surface area contributed by atoms with Crippen LogP contribution >= 0.6 is 0 Å². The van der Waals surface area contributed by atoms with E-state index in [0.29, 0.717) is 5.92 Å². The van der Waals surface area contributed by atoms with Gasteiger partial charge in [-0.2, -0.15) is 0 Å². The normalized spacial score (nSPS) is 30.1. The van der Waals surface area contributed by atoms with Crippen LogP contribution in [0.4, 0.5) is 0 Å². The van der Waals surface area contributed by atoms with E-state index >= 15 is 0 Å². The van der Waals surface area contributed by atoms with Crippen molar-refractivity contribution in [1.82, 2.24) is 10.6 Å². The summed E-state index contributed by atoms with van der Waals surface area (Å²) < 4.78 is 5.50. The van der Waals surface area contributed by atoms with Gasteiger partial charge in [-0.1, -0.05) is 0 Å². The zero-order valence-corrected chi connectivity index (χ0v) is 12.5.